The number of hydrogen-bond acceptors (Lipinski definition) is 4. The molecule has 1 amide bonds. The maximum Gasteiger partial charge on any atom is 0.411 e. The number of hydrogen-bond donors (Lipinski definition) is 1. The number of carbonyl (C=O) groups excluding carboxylic acids is 2. The molecule has 0 saturated heterocycles. The highest BCUT2D eigenvalue weighted by molar-refractivity contribution is 5.93. The highest BCUT2D eigenvalue weighted by Crippen LogP contribution is 2.24. The van der Waals surface area contributed by atoms with Crippen LogP contribution in [0.1, 0.15) is 27.0 Å². The summed E-state index contributed by atoms with van der Waals surface area (Å²) in [4.78, 5) is 23.6. The molecule has 0 aliphatic rings. The van der Waals surface area contributed by atoms with Crippen LogP contribution in [0.3, 0.4) is 0 Å². The third-order valence-electron chi connectivity index (χ3n) is 3.50. The van der Waals surface area contributed by atoms with Crippen LogP contribution in [0.5, 0.6) is 5.75 Å². The molecule has 0 fully saturated rings. The van der Waals surface area contributed by atoms with Gasteiger partial charge in [-0.15, -0.1) is 0 Å². The molecule has 5 heteroatoms. The first-order chi connectivity index (χ1) is 10.9. The highest BCUT2D eigenvalue weighted by atomic mass is 16.5. The minimum Gasteiger partial charge on any atom is -0.453 e. The third-order valence-corrected chi connectivity index (χ3v) is 3.50. The minimum atomic E-state index is -0.597. The molecule has 23 heavy (non-hydrogen) atoms. The van der Waals surface area contributed by atoms with Crippen LogP contribution >= 0.6 is 0 Å². The Kier molecular flexibility index (Phi) is 5.01. The lowest BCUT2D eigenvalue weighted by atomic mass is 10.1. The van der Waals surface area contributed by atoms with Gasteiger partial charge >= 0.3 is 12.1 Å². The van der Waals surface area contributed by atoms with E-state index in [1.807, 2.05) is 32.9 Å². The van der Waals surface area contributed by atoms with Crippen molar-refractivity contribution in [3.8, 4) is 5.75 Å². The van der Waals surface area contributed by atoms with Gasteiger partial charge in [0, 0.05) is 5.69 Å². The summed E-state index contributed by atoms with van der Waals surface area (Å²) in [5, 5.41) is 2.51. The summed E-state index contributed by atoms with van der Waals surface area (Å²) in [6.07, 6.45) is -0.597. The summed E-state index contributed by atoms with van der Waals surface area (Å²) in [6.45, 7) is 5.83. The first kappa shape index (κ1) is 16.5. The Morgan fingerprint density at radius 2 is 1.78 bits per heavy atom. The minimum absolute atomic E-state index is 0.345. The molecule has 2 aromatic rings. The van der Waals surface area contributed by atoms with E-state index in [1.165, 1.54) is 13.2 Å². The van der Waals surface area contributed by atoms with E-state index < -0.39 is 12.1 Å². The summed E-state index contributed by atoms with van der Waals surface area (Å²) >= 11 is 0. The van der Waals surface area contributed by atoms with Gasteiger partial charge in [-0.05, 0) is 61.7 Å². The van der Waals surface area contributed by atoms with Crippen LogP contribution in [-0.4, -0.2) is 19.2 Å². The fourth-order valence-corrected chi connectivity index (χ4v) is 2.16. The van der Waals surface area contributed by atoms with Gasteiger partial charge in [0.25, 0.3) is 0 Å². The average molecular weight is 313 g/mol. The Balaban J connectivity index is 2.21. The number of benzene rings is 2. The predicted octanol–water partition coefficient (Wildman–Crippen LogP) is 4.01. The molecule has 0 spiro atoms. The molecule has 0 atom stereocenters. The lowest BCUT2D eigenvalue weighted by molar-refractivity contribution is 0.0733. The van der Waals surface area contributed by atoms with Crippen LogP contribution < -0.4 is 10.1 Å². The maximum atomic E-state index is 12.3. The van der Waals surface area contributed by atoms with E-state index in [4.69, 9.17) is 4.74 Å². The van der Waals surface area contributed by atoms with Crippen molar-refractivity contribution in [1.29, 1.82) is 0 Å². The lowest BCUT2D eigenvalue weighted by Gasteiger charge is -2.11. The fraction of sp³-hybridized carbons (Fsp3) is 0.222. The molecule has 0 heterocycles. The number of esters is 1. The van der Waals surface area contributed by atoms with Crippen LogP contribution in [0.2, 0.25) is 0 Å². The van der Waals surface area contributed by atoms with E-state index in [9.17, 15) is 9.59 Å². The van der Waals surface area contributed by atoms with Gasteiger partial charge in [0.1, 0.15) is 5.75 Å². The molecule has 0 saturated carbocycles. The molecule has 1 N–H and O–H groups in total. The van der Waals surface area contributed by atoms with Gasteiger partial charge < -0.3 is 9.47 Å². The van der Waals surface area contributed by atoms with E-state index >= 15 is 0 Å². The van der Waals surface area contributed by atoms with Crippen molar-refractivity contribution < 1.29 is 19.1 Å². The zero-order valence-electron chi connectivity index (χ0n) is 13.6. The van der Waals surface area contributed by atoms with E-state index in [2.05, 4.69) is 10.1 Å². The number of carbonyl (C=O) groups is 2. The van der Waals surface area contributed by atoms with Crippen LogP contribution in [0, 0.1) is 20.8 Å². The maximum absolute atomic E-state index is 12.3. The molecule has 0 aliphatic heterocycles. The second-order valence-corrected chi connectivity index (χ2v) is 5.29. The molecule has 2 aromatic carbocycles. The third kappa shape index (κ3) is 4.10. The number of methoxy groups -OCH3 is 1. The number of aryl methyl sites for hydroxylation is 2. The van der Waals surface area contributed by atoms with E-state index in [1.54, 1.807) is 18.2 Å². The van der Waals surface area contributed by atoms with Crippen molar-refractivity contribution in [3.63, 3.8) is 0 Å². The van der Waals surface area contributed by atoms with Gasteiger partial charge in [-0.3, -0.25) is 5.32 Å². The number of nitrogens with one attached hydrogen (secondary N) is 1. The zero-order valence-corrected chi connectivity index (χ0v) is 13.6. The van der Waals surface area contributed by atoms with Crippen LogP contribution in [0.15, 0.2) is 36.4 Å². The summed E-state index contributed by atoms with van der Waals surface area (Å²) in [7, 11) is 1.27. The van der Waals surface area contributed by atoms with Gasteiger partial charge in [0.05, 0.1) is 12.7 Å². The standard InChI is InChI=1S/C18H19NO4/c1-11-8-12(2)13(3)16(9-11)23-17(20)14-6-5-7-15(10-14)19-18(21)22-4/h5-10H,1-4H3,(H,19,21). The largest absolute Gasteiger partial charge is 0.453 e. The van der Waals surface area contributed by atoms with E-state index in [0.717, 1.165) is 16.7 Å². The number of rotatable bonds is 3. The average Bonchev–Trinajstić information content (AvgIpc) is 2.52. The van der Waals surface area contributed by atoms with Crippen LogP contribution in [0.25, 0.3) is 0 Å². The van der Waals surface area contributed by atoms with Gasteiger partial charge in [0.2, 0.25) is 0 Å². The molecule has 0 aromatic heterocycles. The molecule has 5 nitrogen and oxygen atoms in total. The smallest absolute Gasteiger partial charge is 0.411 e. The summed E-state index contributed by atoms with van der Waals surface area (Å²) in [5.74, 6) is 0.0606. The first-order valence-corrected chi connectivity index (χ1v) is 7.15. The molecule has 0 unspecified atom stereocenters. The monoisotopic (exact) mass is 313 g/mol. The van der Waals surface area contributed by atoms with Gasteiger partial charge in [-0.1, -0.05) is 12.1 Å². The van der Waals surface area contributed by atoms with Crippen LogP contribution in [-0.2, 0) is 4.74 Å². The van der Waals surface area contributed by atoms with E-state index in [0.29, 0.717) is 17.0 Å². The quantitative estimate of drug-likeness (QED) is 0.687. The number of anilines is 1. The topological polar surface area (TPSA) is 64.6 Å². The molecule has 120 valence electrons. The normalized spacial score (nSPS) is 10.1. The Hall–Kier alpha value is -2.82. The number of ether oxygens (including phenoxy) is 2. The molecular weight excluding hydrogens is 294 g/mol. The molecule has 0 aliphatic carbocycles. The van der Waals surface area contributed by atoms with Gasteiger partial charge in [-0.25, -0.2) is 9.59 Å². The Labute approximate surface area is 135 Å². The van der Waals surface area contributed by atoms with Crippen molar-refractivity contribution in [1.82, 2.24) is 0 Å². The fourth-order valence-electron chi connectivity index (χ4n) is 2.16. The van der Waals surface area contributed by atoms with Crippen molar-refractivity contribution in [3.05, 3.63) is 58.7 Å². The van der Waals surface area contributed by atoms with E-state index in [-0.39, 0.29) is 0 Å². The molecule has 0 bridgehead atoms. The first-order valence-electron chi connectivity index (χ1n) is 7.15. The molecular formula is C18H19NO4. The Morgan fingerprint density at radius 3 is 2.48 bits per heavy atom. The SMILES string of the molecule is COC(=O)Nc1cccc(C(=O)Oc2cc(C)cc(C)c2C)c1. The van der Waals surface area contributed by atoms with Gasteiger partial charge in [0.15, 0.2) is 0 Å². The van der Waals surface area contributed by atoms with Crippen molar-refractivity contribution in [2.45, 2.75) is 20.8 Å². The van der Waals surface area contributed by atoms with Crippen molar-refractivity contribution in [2.75, 3.05) is 12.4 Å². The number of amides is 1. The summed E-state index contributed by atoms with van der Waals surface area (Å²) in [6, 6.07) is 10.4. The van der Waals surface area contributed by atoms with Crippen molar-refractivity contribution in [2.24, 2.45) is 0 Å². The molecule has 0 radical (unpaired) electrons. The van der Waals surface area contributed by atoms with Crippen LogP contribution in [0.4, 0.5) is 10.5 Å². The highest BCUT2D eigenvalue weighted by Gasteiger charge is 2.13. The Bertz CT molecular complexity index is 753. The lowest BCUT2D eigenvalue weighted by Crippen LogP contribution is -2.13. The van der Waals surface area contributed by atoms with Gasteiger partial charge in [-0.2, -0.15) is 0 Å². The Morgan fingerprint density at radius 1 is 1.04 bits per heavy atom. The van der Waals surface area contributed by atoms with Crippen molar-refractivity contribution >= 4 is 17.7 Å². The predicted molar refractivity (Wildman–Crippen MR) is 88.1 cm³/mol. The summed E-state index contributed by atoms with van der Waals surface area (Å²) < 4.78 is 10.0. The summed E-state index contributed by atoms with van der Waals surface area (Å²) in [5.41, 5.74) is 3.82. The second-order valence-electron chi connectivity index (χ2n) is 5.29. The second kappa shape index (κ2) is 6.96. The zero-order chi connectivity index (χ0) is 17.0. The molecule has 2 rings (SSSR count).